The first-order valence-electron chi connectivity index (χ1n) is 6.03. The number of nitrogens with zero attached hydrogens (tertiary/aromatic N) is 2. The molecule has 17 heavy (non-hydrogen) atoms. The molecule has 0 radical (unpaired) electrons. The monoisotopic (exact) mass is 254 g/mol. The fraction of sp³-hybridized carbons (Fsp3) is 0.667. The Bertz CT molecular complexity index is 381. The zero-order valence-electron chi connectivity index (χ0n) is 10.3. The van der Waals surface area contributed by atoms with Gasteiger partial charge in [0.25, 0.3) is 0 Å². The molecule has 1 fully saturated rings. The molecule has 1 aliphatic rings. The van der Waals surface area contributed by atoms with Crippen LogP contribution < -0.4 is 10.6 Å². The van der Waals surface area contributed by atoms with E-state index in [2.05, 4.69) is 34.4 Å². The van der Waals surface area contributed by atoms with Crippen LogP contribution in [0, 0.1) is 5.41 Å². The highest BCUT2D eigenvalue weighted by atomic mass is 35.5. The molecule has 0 saturated carbocycles. The minimum Gasteiger partial charge on any atom is -0.367 e. The lowest BCUT2D eigenvalue weighted by Gasteiger charge is -2.39. The zero-order valence-corrected chi connectivity index (χ0v) is 11.1. The third-order valence-electron chi connectivity index (χ3n) is 3.42. The van der Waals surface area contributed by atoms with Crippen molar-refractivity contribution in [1.82, 2.24) is 15.3 Å². The first-order valence-corrected chi connectivity index (χ1v) is 6.40. The maximum Gasteiger partial charge on any atom is 0.149 e. The van der Waals surface area contributed by atoms with Crippen LogP contribution in [0.4, 0.5) is 5.82 Å². The van der Waals surface area contributed by atoms with Crippen LogP contribution in [0.2, 0.25) is 5.15 Å². The largest absolute Gasteiger partial charge is 0.367 e. The molecule has 0 aromatic carbocycles. The summed E-state index contributed by atoms with van der Waals surface area (Å²) < 4.78 is 0. The van der Waals surface area contributed by atoms with E-state index in [-0.39, 0.29) is 0 Å². The van der Waals surface area contributed by atoms with Crippen molar-refractivity contribution in [3.63, 3.8) is 0 Å². The Morgan fingerprint density at radius 1 is 1.53 bits per heavy atom. The molecule has 1 aromatic rings. The van der Waals surface area contributed by atoms with Crippen molar-refractivity contribution >= 4 is 17.4 Å². The fourth-order valence-electron chi connectivity index (χ4n) is 2.25. The normalized spacial score (nSPS) is 23.4. The second-order valence-electron chi connectivity index (χ2n) is 5.21. The molecule has 1 aromatic heterocycles. The van der Waals surface area contributed by atoms with Crippen molar-refractivity contribution in [2.24, 2.45) is 5.41 Å². The number of nitrogens with one attached hydrogen (secondary N) is 2. The summed E-state index contributed by atoms with van der Waals surface area (Å²) >= 11 is 5.79. The lowest BCUT2D eigenvalue weighted by Crippen LogP contribution is -2.50. The van der Waals surface area contributed by atoms with Gasteiger partial charge in [0.05, 0.1) is 12.4 Å². The molecule has 5 heteroatoms. The number of anilines is 1. The Hall–Kier alpha value is -0.870. The van der Waals surface area contributed by atoms with Crippen LogP contribution in [0.15, 0.2) is 12.4 Å². The van der Waals surface area contributed by atoms with E-state index < -0.39 is 0 Å². The van der Waals surface area contributed by atoms with Crippen LogP contribution in [0.1, 0.15) is 26.7 Å². The van der Waals surface area contributed by atoms with E-state index in [4.69, 9.17) is 11.6 Å². The second kappa shape index (κ2) is 5.19. The van der Waals surface area contributed by atoms with Gasteiger partial charge in [-0.05, 0) is 24.8 Å². The van der Waals surface area contributed by atoms with Gasteiger partial charge in [-0.3, -0.25) is 4.98 Å². The van der Waals surface area contributed by atoms with Gasteiger partial charge in [-0.25, -0.2) is 4.98 Å². The van der Waals surface area contributed by atoms with Gasteiger partial charge in [0, 0.05) is 12.6 Å². The molecular weight excluding hydrogens is 236 g/mol. The predicted octanol–water partition coefficient (Wildman–Crippen LogP) is 2.32. The number of hydrogen-bond donors (Lipinski definition) is 2. The van der Waals surface area contributed by atoms with Crippen LogP contribution in [0.5, 0.6) is 0 Å². The van der Waals surface area contributed by atoms with Gasteiger partial charge in [-0.15, -0.1) is 0 Å². The Balaban J connectivity index is 1.93. The molecular formula is C12H19ClN4. The number of halogens is 1. The van der Waals surface area contributed by atoms with Gasteiger partial charge in [0.1, 0.15) is 11.0 Å². The van der Waals surface area contributed by atoms with Gasteiger partial charge in [0.2, 0.25) is 0 Å². The molecule has 1 aliphatic heterocycles. The Morgan fingerprint density at radius 3 is 3.06 bits per heavy atom. The van der Waals surface area contributed by atoms with Crippen LogP contribution in [-0.4, -0.2) is 29.1 Å². The van der Waals surface area contributed by atoms with Crippen molar-refractivity contribution in [3.05, 3.63) is 17.5 Å². The number of aromatic nitrogens is 2. The molecule has 0 amide bonds. The maximum atomic E-state index is 5.79. The molecule has 1 unspecified atom stereocenters. The van der Waals surface area contributed by atoms with Crippen molar-refractivity contribution in [2.75, 3.05) is 18.4 Å². The van der Waals surface area contributed by atoms with E-state index >= 15 is 0 Å². The summed E-state index contributed by atoms with van der Waals surface area (Å²) in [6, 6.07) is 0.456. The minimum absolute atomic E-state index is 0.317. The van der Waals surface area contributed by atoms with E-state index in [1.807, 2.05) is 0 Å². The van der Waals surface area contributed by atoms with Crippen LogP contribution in [0.25, 0.3) is 0 Å². The van der Waals surface area contributed by atoms with Gasteiger partial charge < -0.3 is 10.6 Å². The SMILES string of the molecule is CC1(C)CCCNC1CNc1cncc(Cl)n1. The van der Waals surface area contributed by atoms with E-state index in [1.165, 1.54) is 19.0 Å². The lowest BCUT2D eigenvalue weighted by atomic mass is 9.77. The van der Waals surface area contributed by atoms with Crippen LogP contribution in [0.3, 0.4) is 0 Å². The lowest BCUT2D eigenvalue weighted by molar-refractivity contribution is 0.188. The smallest absolute Gasteiger partial charge is 0.149 e. The Kier molecular flexibility index (Phi) is 3.84. The van der Waals surface area contributed by atoms with E-state index in [0.29, 0.717) is 16.6 Å². The maximum absolute atomic E-state index is 5.79. The topological polar surface area (TPSA) is 49.8 Å². The van der Waals surface area contributed by atoms with E-state index in [9.17, 15) is 0 Å². The highest BCUT2D eigenvalue weighted by molar-refractivity contribution is 6.29. The third kappa shape index (κ3) is 3.30. The van der Waals surface area contributed by atoms with Gasteiger partial charge in [-0.1, -0.05) is 25.4 Å². The van der Waals surface area contributed by atoms with Gasteiger partial charge in [-0.2, -0.15) is 0 Å². The van der Waals surface area contributed by atoms with Crippen molar-refractivity contribution in [2.45, 2.75) is 32.7 Å². The number of rotatable bonds is 3. The first kappa shape index (κ1) is 12.6. The summed E-state index contributed by atoms with van der Waals surface area (Å²) in [7, 11) is 0. The van der Waals surface area contributed by atoms with Crippen molar-refractivity contribution in [1.29, 1.82) is 0 Å². The Morgan fingerprint density at radius 2 is 2.35 bits per heavy atom. The summed E-state index contributed by atoms with van der Waals surface area (Å²) in [4.78, 5) is 8.18. The van der Waals surface area contributed by atoms with Crippen LogP contribution >= 0.6 is 11.6 Å². The minimum atomic E-state index is 0.317. The summed E-state index contributed by atoms with van der Waals surface area (Å²) in [5, 5.41) is 7.26. The molecule has 2 N–H and O–H groups in total. The highest BCUT2D eigenvalue weighted by Crippen LogP contribution is 2.30. The molecule has 94 valence electrons. The standard InChI is InChI=1S/C12H19ClN4/c1-12(2)4-3-5-15-9(12)6-16-11-8-14-7-10(13)17-11/h7-9,15H,3-6H2,1-2H3,(H,16,17). The molecule has 0 aliphatic carbocycles. The first-order chi connectivity index (χ1) is 8.08. The summed E-state index contributed by atoms with van der Waals surface area (Å²) in [5.74, 6) is 0.737. The molecule has 2 heterocycles. The van der Waals surface area contributed by atoms with Crippen LogP contribution in [-0.2, 0) is 0 Å². The average Bonchev–Trinajstić information content (AvgIpc) is 2.27. The molecule has 0 spiro atoms. The number of hydrogen-bond acceptors (Lipinski definition) is 4. The van der Waals surface area contributed by atoms with Gasteiger partial charge >= 0.3 is 0 Å². The molecule has 1 saturated heterocycles. The second-order valence-corrected chi connectivity index (χ2v) is 5.59. The number of piperidine rings is 1. The summed E-state index contributed by atoms with van der Waals surface area (Å²) in [6.45, 7) is 6.54. The fourth-order valence-corrected chi connectivity index (χ4v) is 2.40. The van der Waals surface area contributed by atoms with Crippen molar-refractivity contribution in [3.8, 4) is 0 Å². The molecule has 0 bridgehead atoms. The molecule has 1 atom stereocenters. The molecule has 2 rings (SSSR count). The highest BCUT2D eigenvalue weighted by Gasteiger charge is 2.31. The quantitative estimate of drug-likeness (QED) is 0.869. The molecule has 4 nitrogen and oxygen atoms in total. The third-order valence-corrected chi connectivity index (χ3v) is 3.61. The van der Waals surface area contributed by atoms with E-state index in [1.54, 1.807) is 6.20 Å². The summed E-state index contributed by atoms with van der Waals surface area (Å²) in [5.41, 5.74) is 0.317. The Labute approximate surface area is 107 Å². The predicted molar refractivity (Wildman–Crippen MR) is 70.3 cm³/mol. The van der Waals surface area contributed by atoms with Crippen molar-refractivity contribution < 1.29 is 0 Å². The van der Waals surface area contributed by atoms with E-state index in [0.717, 1.165) is 18.9 Å². The zero-order chi connectivity index (χ0) is 12.3. The average molecular weight is 255 g/mol. The van der Waals surface area contributed by atoms with Gasteiger partial charge in [0.15, 0.2) is 0 Å². The summed E-state index contributed by atoms with van der Waals surface area (Å²) in [6.07, 6.45) is 5.74.